The molecule has 8 nitrogen and oxygen atoms in total. The number of amides is 2. The average molecular weight is 409 g/mol. The molecular formula is C20H19N5O3S. The van der Waals surface area contributed by atoms with Crippen molar-refractivity contribution in [3.05, 3.63) is 60.9 Å². The third-order valence-corrected chi connectivity index (χ3v) is 5.27. The van der Waals surface area contributed by atoms with Crippen LogP contribution >= 0.6 is 11.8 Å². The molecule has 0 radical (unpaired) electrons. The van der Waals surface area contributed by atoms with Gasteiger partial charge in [0.1, 0.15) is 12.1 Å². The average Bonchev–Trinajstić information content (AvgIpc) is 3.26. The van der Waals surface area contributed by atoms with Crippen LogP contribution in [-0.2, 0) is 9.59 Å². The number of ether oxygens (including phenoxy) is 1. The van der Waals surface area contributed by atoms with Gasteiger partial charge in [-0.05, 0) is 24.3 Å². The standard InChI is InChI=1S/C20H19N5O3S/c1-21-19(27)17-11-24(15-9-5-6-10-16(15)28-17)18(26)12-29-20-22-13-25(23-20)14-7-3-2-4-8-14/h2-10,13,17H,11-12H2,1H3,(H,21,27). The Balaban J connectivity index is 1.47. The Morgan fingerprint density at radius 3 is 2.72 bits per heavy atom. The smallest absolute Gasteiger partial charge is 0.262 e. The Bertz CT molecular complexity index is 1020. The van der Waals surface area contributed by atoms with Gasteiger partial charge in [-0.15, -0.1) is 5.10 Å². The van der Waals surface area contributed by atoms with Crippen LogP contribution in [0.4, 0.5) is 5.69 Å². The zero-order valence-electron chi connectivity index (χ0n) is 15.7. The van der Waals surface area contributed by atoms with Crippen LogP contribution < -0.4 is 15.0 Å². The van der Waals surface area contributed by atoms with E-state index in [9.17, 15) is 9.59 Å². The summed E-state index contributed by atoms with van der Waals surface area (Å²) >= 11 is 1.25. The molecule has 1 atom stereocenters. The van der Waals surface area contributed by atoms with Gasteiger partial charge < -0.3 is 15.0 Å². The van der Waals surface area contributed by atoms with E-state index in [1.807, 2.05) is 42.5 Å². The molecule has 1 N–H and O–H groups in total. The number of rotatable bonds is 5. The van der Waals surface area contributed by atoms with E-state index in [0.717, 1.165) is 5.69 Å². The van der Waals surface area contributed by atoms with Gasteiger partial charge in [-0.25, -0.2) is 9.67 Å². The van der Waals surface area contributed by atoms with E-state index in [2.05, 4.69) is 15.4 Å². The molecule has 0 saturated carbocycles. The summed E-state index contributed by atoms with van der Waals surface area (Å²) < 4.78 is 7.40. The Hall–Kier alpha value is -3.33. The molecule has 3 aromatic rings. The van der Waals surface area contributed by atoms with Gasteiger partial charge in [-0.3, -0.25) is 9.59 Å². The van der Waals surface area contributed by atoms with Crippen molar-refractivity contribution in [1.29, 1.82) is 0 Å². The van der Waals surface area contributed by atoms with Crippen molar-refractivity contribution >= 4 is 29.3 Å². The molecule has 0 saturated heterocycles. The lowest BCUT2D eigenvalue weighted by atomic mass is 10.2. The van der Waals surface area contributed by atoms with Crippen LogP contribution in [0.5, 0.6) is 5.75 Å². The summed E-state index contributed by atoms with van der Waals surface area (Å²) in [5, 5.41) is 7.48. The monoisotopic (exact) mass is 409 g/mol. The molecule has 29 heavy (non-hydrogen) atoms. The van der Waals surface area contributed by atoms with Crippen molar-refractivity contribution < 1.29 is 14.3 Å². The van der Waals surface area contributed by atoms with Crippen molar-refractivity contribution in [3.8, 4) is 11.4 Å². The molecule has 1 aliphatic heterocycles. The number of benzene rings is 2. The van der Waals surface area contributed by atoms with Gasteiger partial charge >= 0.3 is 0 Å². The molecule has 148 valence electrons. The second kappa shape index (κ2) is 8.36. The number of nitrogens with one attached hydrogen (secondary N) is 1. The van der Waals surface area contributed by atoms with Crippen LogP contribution in [-0.4, -0.2) is 52.0 Å². The molecule has 1 aromatic heterocycles. The predicted octanol–water partition coefficient (Wildman–Crippen LogP) is 1.90. The van der Waals surface area contributed by atoms with Crippen molar-refractivity contribution in [3.63, 3.8) is 0 Å². The van der Waals surface area contributed by atoms with E-state index < -0.39 is 6.10 Å². The van der Waals surface area contributed by atoms with Gasteiger partial charge in [0.2, 0.25) is 11.1 Å². The highest BCUT2D eigenvalue weighted by atomic mass is 32.2. The first-order valence-electron chi connectivity index (χ1n) is 9.03. The van der Waals surface area contributed by atoms with Crippen LogP contribution in [0, 0.1) is 0 Å². The summed E-state index contributed by atoms with van der Waals surface area (Å²) in [6.45, 7) is 0.155. The highest BCUT2D eigenvalue weighted by molar-refractivity contribution is 7.99. The number of hydrogen-bond donors (Lipinski definition) is 1. The van der Waals surface area contributed by atoms with Crippen LogP contribution in [0.25, 0.3) is 5.69 Å². The number of hydrogen-bond acceptors (Lipinski definition) is 6. The largest absolute Gasteiger partial charge is 0.477 e. The van der Waals surface area contributed by atoms with Crippen LogP contribution in [0.15, 0.2) is 66.1 Å². The van der Waals surface area contributed by atoms with Crippen molar-refractivity contribution in [2.75, 3.05) is 24.2 Å². The summed E-state index contributed by atoms with van der Waals surface area (Å²) in [7, 11) is 1.54. The van der Waals surface area contributed by atoms with Gasteiger partial charge in [0, 0.05) is 7.05 Å². The molecule has 4 rings (SSSR count). The van der Waals surface area contributed by atoms with Crippen molar-refractivity contribution in [1.82, 2.24) is 20.1 Å². The van der Waals surface area contributed by atoms with Gasteiger partial charge in [-0.2, -0.15) is 0 Å². The first-order valence-corrected chi connectivity index (χ1v) is 10.0. The SMILES string of the molecule is CNC(=O)C1CN(C(=O)CSc2ncn(-c3ccccc3)n2)c2ccccc2O1. The number of anilines is 1. The lowest BCUT2D eigenvalue weighted by Gasteiger charge is -2.33. The summed E-state index contributed by atoms with van der Waals surface area (Å²) in [4.78, 5) is 30.8. The lowest BCUT2D eigenvalue weighted by molar-refractivity contribution is -0.127. The van der Waals surface area contributed by atoms with Gasteiger partial charge in [0.05, 0.1) is 23.7 Å². The van der Waals surface area contributed by atoms with E-state index in [4.69, 9.17) is 4.74 Å². The molecule has 2 aromatic carbocycles. The van der Waals surface area contributed by atoms with E-state index >= 15 is 0 Å². The Kier molecular flexibility index (Phi) is 5.48. The molecule has 0 fully saturated rings. The third kappa shape index (κ3) is 4.09. The second-order valence-electron chi connectivity index (χ2n) is 6.29. The van der Waals surface area contributed by atoms with E-state index in [1.165, 1.54) is 11.8 Å². The normalized spacial score (nSPS) is 15.3. The summed E-state index contributed by atoms with van der Waals surface area (Å²) in [5.74, 6) is 0.245. The highest BCUT2D eigenvalue weighted by Crippen LogP contribution is 2.33. The predicted molar refractivity (Wildman–Crippen MR) is 109 cm³/mol. The molecule has 0 bridgehead atoms. The summed E-state index contributed by atoms with van der Waals surface area (Å²) in [6, 6.07) is 16.8. The maximum atomic E-state index is 12.9. The first kappa shape index (κ1) is 19.0. The lowest BCUT2D eigenvalue weighted by Crippen LogP contribution is -2.50. The molecule has 0 spiro atoms. The highest BCUT2D eigenvalue weighted by Gasteiger charge is 2.33. The zero-order chi connectivity index (χ0) is 20.2. The number of aromatic nitrogens is 3. The molecular weight excluding hydrogens is 390 g/mol. The minimum atomic E-state index is -0.751. The third-order valence-electron chi connectivity index (χ3n) is 4.43. The van der Waals surface area contributed by atoms with Gasteiger partial charge in [-0.1, -0.05) is 42.1 Å². The number of nitrogens with zero attached hydrogens (tertiary/aromatic N) is 4. The minimum absolute atomic E-state index is 0.143. The molecule has 1 unspecified atom stereocenters. The first-order chi connectivity index (χ1) is 14.2. The molecule has 2 amide bonds. The number of fused-ring (bicyclic) bond motifs is 1. The number of carbonyl (C=O) groups is 2. The van der Waals surface area contributed by atoms with E-state index in [-0.39, 0.29) is 24.1 Å². The fourth-order valence-corrected chi connectivity index (χ4v) is 3.67. The second-order valence-corrected chi connectivity index (χ2v) is 7.23. The number of para-hydroxylation sites is 3. The van der Waals surface area contributed by atoms with Crippen molar-refractivity contribution in [2.24, 2.45) is 0 Å². The number of thioether (sulfide) groups is 1. The number of carbonyl (C=O) groups excluding carboxylic acids is 2. The molecule has 0 aliphatic carbocycles. The zero-order valence-corrected chi connectivity index (χ0v) is 16.5. The topological polar surface area (TPSA) is 89.4 Å². The minimum Gasteiger partial charge on any atom is -0.477 e. The van der Waals surface area contributed by atoms with E-state index in [1.54, 1.807) is 35.1 Å². The quantitative estimate of drug-likeness (QED) is 0.648. The Labute approximate surface area is 171 Å². The number of likely N-dealkylation sites (N-methyl/N-ethyl adjacent to an activating group) is 1. The Morgan fingerprint density at radius 2 is 1.93 bits per heavy atom. The molecule has 2 heterocycles. The molecule has 9 heteroatoms. The van der Waals surface area contributed by atoms with Crippen LogP contribution in [0.3, 0.4) is 0 Å². The maximum Gasteiger partial charge on any atom is 0.262 e. The Morgan fingerprint density at radius 1 is 1.17 bits per heavy atom. The fourth-order valence-electron chi connectivity index (χ4n) is 2.99. The molecule has 1 aliphatic rings. The fraction of sp³-hybridized carbons (Fsp3) is 0.200. The van der Waals surface area contributed by atoms with Gasteiger partial charge in [0.25, 0.3) is 5.91 Å². The maximum absolute atomic E-state index is 12.9. The summed E-state index contributed by atoms with van der Waals surface area (Å²) in [5.41, 5.74) is 1.55. The van der Waals surface area contributed by atoms with Crippen LogP contribution in [0.1, 0.15) is 0 Å². The van der Waals surface area contributed by atoms with E-state index in [0.29, 0.717) is 16.6 Å². The van der Waals surface area contributed by atoms with Crippen molar-refractivity contribution in [2.45, 2.75) is 11.3 Å². The van der Waals surface area contributed by atoms with Crippen LogP contribution in [0.2, 0.25) is 0 Å². The van der Waals surface area contributed by atoms with Gasteiger partial charge in [0.15, 0.2) is 6.10 Å². The summed E-state index contributed by atoms with van der Waals surface area (Å²) in [6.07, 6.45) is 0.868.